The number of nitrogens with zero attached hydrogens (tertiary/aromatic N) is 1. The zero-order chi connectivity index (χ0) is 15.6. The molecule has 0 saturated heterocycles. The lowest BCUT2D eigenvalue weighted by Gasteiger charge is -2.09. The predicted molar refractivity (Wildman–Crippen MR) is 73.1 cm³/mol. The van der Waals surface area contributed by atoms with Gasteiger partial charge in [0, 0.05) is 10.0 Å². The lowest BCUT2D eigenvalue weighted by molar-refractivity contribution is 0.0977. The average molecular weight is 354 g/mol. The molecule has 0 spiro atoms. The normalized spacial score (nSPS) is 11.8. The smallest absolute Gasteiger partial charge is 0.194 e. The van der Waals surface area contributed by atoms with Gasteiger partial charge in [-0.05, 0) is 29.8 Å². The van der Waals surface area contributed by atoms with Crippen molar-refractivity contribution < 1.29 is 18.0 Å². The minimum atomic E-state index is -1.65. The standard InChI is InChI=1S/C15H7BrF3NO/c16-10-3-1-8(2-4-10)11(7-20)15(21)9-5-12(17)14(19)13(18)6-9/h1-6,11H. The van der Waals surface area contributed by atoms with Crippen LogP contribution in [0.5, 0.6) is 0 Å². The first-order valence-corrected chi connectivity index (χ1v) is 6.57. The highest BCUT2D eigenvalue weighted by molar-refractivity contribution is 9.10. The third kappa shape index (κ3) is 3.14. The Kier molecular flexibility index (Phi) is 4.43. The lowest BCUT2D eigenvalue weighted by Crippen LogP contribution is -2.12. The van der Waals surface area contributed by atoms with Gasteiger partial charge in [-0.25, -0.2) is 13.2 Å². The van der Waals surface area contributed by atoms with E-state index in [2.05, 4.69) is 15.9 Å². The largest absolute Gasteiger partial charge is 0.292 e. The van der Waals surface area contributed by atoms with E-state index in [1.165, 1.54) is 0 Å². The Balaban J connectivity index is 2.42. The van der Waals surface area contributed by atoms with Crippen molar-refractivity contribution in [1.29, 1.82) is 5.26 Å². The first-order chi connectivity index (χ1) is 9.93. The number of halogens is 4. The molecule has 0 amide bonds. The molecule has 2 nitrogen and oxygen atoms in total. The van der Waals surface area contributed by atoms with Crippen LogP contribution in [-0.4, -0.2) is 5.78 Å². The maximum Gasteiger partial charge on any atom is 0.194 e. The van der Waals surface area contributed by atoms with E-state index in [1.54, 1.807) is 30.3 Å². The van der Waals surface area contributed by atoms with Crippen LogP contribution in [0.25, 0.3) is 0 Å². The molecule has 0 aliphatic rings. The Morgan fingerprint density at radius 3 is 2.10 bits per heavy atom. The fourth-order valence-corrected chi connectivity index (χ4v) is 2.07. The summed E-state index contributed by atoms with van der Waals surface area (Å²) in [7, 11) is 0. The maximum absolute atomic E-state index is 13.2. The third-order valence-electron chi connectivity index (χ3n) is 2.86. The summed E-state index contributed by atoms with van der Waals surface area (Å²) in [5.41, 5.74) is -0.00305. The van der Waals surface area contributed by atoms with Crippen LogP contribution in [0.15, 0.2) is 40.9 Å². The molecule has 21 heavy (non-hydrogen) atoms. The molecule has 2 aromatic carbocycles. The first kappa shape index (κ1) is 15.3. The minimum absolute atomic E-state index is 0.385. The highest BCUT2D eigenvalue weighted by atomic mass is 79.9. The molecule has 1 atom stereocenters. The fraction of sp³-hybridized carbons (Fsp3) is 0.0667. The number of Topliss-reactive ketones (excluding diaryl/α,β-unsaturated/α-hetero) is 1. The summed E-state index contributed by atoms with van der Waals surface area (Å²) in [5.74, 6) is -6.60. The van der Waals surface area contributed by atoms with Crippen molar-refractivity contribution >= 4 is 21.7 Å². The van der Waals surface area contributed by atoms with E-state index < -0.39 is 29.2 Å². The van der Waals surface area contributed by atoms with Crippen LogP contribution in [0.3, 0.4) is 0 Å². The van der Waals surface area contributed by atoms with Crippen molar-refractivity contribution in [2.45, 2.75) is 5.92 Å². The van der Waals surface area contributed by atoms with Crippen LogP contribution in [-0.2, 0) is 0 Å². The Labute approximate surface area is 127 Å². The lowest BCUT2D eigenvalue weighted by atomic mass is 9.92. The van der Waals surface area contributed by atoms with Crippen LogP contribution in [0.1, 0.15) is 21.8 Å². The topological polar surface area (TPSA) is 40.9 Å². The number of rotatable bonds is 3. The van der Waals surface area contributed by atoms with Crippen molar-refractivity contribution in [3.8, 4) is 6.07 Å². The Hall–Kier alpha value is -2.13. The zero-order valence-corrected chi connectivity index (χ0v) is 12.0. The SMILES string of the molecule is N#CC(C(=O)c1cc(F)c(F)c(F)c1)c1ccc(Br)cc1. The summed E-state index contributed by atoms with van der Waals surface area (Å²) in [4.78, 5) is 12.2. The molecule has 106 valence electrons. The van der Waals surface area contributed by atoms with Gasteiger partial charge in [-0.3, -0.25) is 4.79 Å². The molecule has 0 aliphatic carbocycles. The van der Waals surface area contributed by atoms with Crippen molar-refractivity contribution in [1.82, 2.24) is 0 Å². The maximum atomic E-state index is 13.2. The number of ketones is 1. The van der Waals surface area contributed by atoms with E-state index in [1.807, 2.05) is 0 Å². The first-order valence-electron chi connectivity index (χ1n) is 5.78. The van der Waals surface area contributed by atoms with Crippen LogP contribution in [0.4, 0.5) is 13.2 Å². The van der Waals surface area contributed by atoms with Crippen LogP contribution in [0.2, 0.25) is 0 Å². The number of hydrogen-bond donors (Lipinski definition) is 0. The van der Waals surface area contributed by atoms with Gasteiger partial charge in [0.2, 0.25) is 0 Å². The summed E-state index contributed by atoms with van der Waals surface area (Å²) >= 11 is 3.22. The van der Waals surface area contributed by atoms with E-state index in [0.717, 1.165) is 4.47 Å². The molecule has 0 heterocycles. The van der Waals surface area contributed by atoms with Crippen molar-refractivity contribution in [2.24, 2.45) is 0 Å². The van der Waals surface area contributed by atoms with E-state index in [4.69, 9.17) is 5.26 Å². The van der Waals surface area contributed by atoms with E-state index in [0.29, 0.717) is 17.7 Å². The van der Waals surface area contributed by atoms with Gasteiger partial charge < -0.3 is 0 Å². The minimum Gasteiger partial charge on any atom is -0.292 e. The highest BCUT2D eigenvalue weighted by Crippen LogP contribution is 2.24. The van der Waals surface area contributed by atoms with Crippen LogP contribution >= 0.6 is 15.9 Å². The number of carbonyl (C=O) groups is 1. The highest BCUT2D eigenvalue weighted by Gasteiger charge is 2.24. The van der Waals surface area contributed by atoms with Gasteiger partial charge in [-0.15, -0.1) is 0 Å². The van der Waals surface area contributed by atoms with Gasteiger partial charge in [0.05, 0.1) is 6.07 Å². The number of hydrogen-bond acceptors (Lipinski definition) is 2. The Morgan fingerprint density at radius 1 is 1.10 bits per heavy atom. The van der Waals surface area contributed by atoms with Crippen LogP contribution in [0, 0.1) is 28.8 Å². The molecule has 0 bridgehead atoms. The van der Waals surface area contributed by atoms with Crippen molar-refractivity contribution in [3.63, 3.8) is 0 Å². The van der Waals surface area contributed by atoms with Gasteiger partial charge in [-0.2, -0.15) is 5.26 Å². The fourth-order valence-electron chi connectivity index (χ4n) is 1.80. The summed E-state index contributed by atoms with van der Waals surface area (Å²) in [6.07, 6.45) is 0. The molecule has 0 aliphatic heterocycles. The third-order valence-corrected chi connectivity index (χ3v) is 3.39. The molecule has 0 fully saturated rings. The van der Waals surface area contributed by atoms with E-state index in [-0.39, 0.29) is 5.56 Å². The monoisotopic (exact) mass is 353 g/mol. The summed E-state index contributed by atoms with van der Waals surface area (Å²) in [5, 5.41) is 9.13. The van der Waals surface area contributed by atoms with Crippen molar-refractivity contribution in [2.75, 3.05) is 0 Å². The quantitative estimate of drug-likeness (QED) is 0.607. The molecule has 2 aromatic rings. The molecule has 0 aromatic heterocycles. The molecular weight excluding hydrogens is 347 g/mol. The van der Waals surface area contributed by atoms with Gasteiger partial charge in [-0.1, -0.05) is 28.1 Å². The summed E-state index contributed by atoms with van der Waals surface area (Å²) < 4.78 is 40.0. The number of carbonyl (C=O) groups excluding carboxylic acids is 1. The predicted octanol–water partition coefficient (Wildman–Crippen LogP) is 4.36. The molecule has 0 N–H and O–H groups in total. The second-order valence-electron chi connectivity index (χ2n) is 4.23. The zero-order valence-electron chi connectivity index (χ0n) is 10.4. The summed E-state index contributed by atoms with van der Waals surface area (Å²) in [6, 6.07) is 9.33. The second kappa shape index (κ2) is 6.10. The summed E-state index contributed by atoms with van der Waals surface area (Å²) in [6.45, 7) is 0. The van der Waals surface area contributed by atoms with Gasteiger partial charge in [0.1, 0.15) is 5.92 Å². The Morgan fingerprint density at radius 2 is 1.62 bits per heavy atom. The molecule has 6 heteroatoms. The van der Waals surface area contributed by atoms with Gasteiger partial charge in [0.15, 0.2) is 23.2 Å². The molecule has 1 unspecified atom stereocenters. The Bertz CT molecular complexity index is 715. The molecule has 0 saturated carbocycles. The van der Waals surface area contributed by atoms with Gasteiger partial charge in [0.25, 0.3) is 0 Å². The number of benzene rings is 2. The average Bonchev–Trinajstić information content (AvgIpc) is 2.46. The second-order valence-corrected chi connectivity index (χ2v) is 5.15. The molecule has 0 radical (unpaired) electrons. The molecular formula is C15H7BrF3NO. The number of nitriles is 1. The van der Waals surface area contributed by atoms with E-state index in [9.17, 15) is 18.0 Å². The van der Waals surface area contributed by atoms with E-state index >= 15 is 0 Å². The molecule has 2 rings (SSSR count). The van der Waals surface area contributed by atoms with Crippen LogP contribution < -0.4 is 0 Å². The van der Waals surface area contributed by atoms with Gasteiger partial charge >= 0.3 is 0 Å². The van der Waals surface area contributed by atoms with Crippen molar-refractivity contribution in [3.05, 3.63) is 69.4 Å².